The van der Waals surface area contributed by atoms with Crippen molar-refractivity contribution in [2.75, 3.05) is 7.11 Å². The minimum atomic E-state index is 0.103. The fraction of sp³-hybridized carbons (Fsp3) is 0.267. The van der Waals surface area contributed by atoms with Crippen LogP contribution in [-0.2, 0) is 12.8 Å². The van der Waals surface area contributed by atoms with Crippen molar-refractivity contribution in [3.05, 3.63) is 51.7 Å². The Kier molecular flexibility index (Phi) is 2.92. The van der Waals surface area contributed by atoms with E-state index in [1.54, 1.807) is 7.11 Å². The van der Waals surface area contributed by atoms with E-state index >= 15 is 0 Å². The molecule has 0 N–H and O–H groups in total. The van der Waals surface area contributed by atoms with E-state index in [1.807, 2.05) is 23.6 Å². The zero-order chi connectivity index (χ0) is 12.5. The SMILES string of the molecule is COc1csc(C(=O)C2Cc3ccccc3C2)c1. The van der Waals surface area contributed by atoms with Crippen LogP contribution in [0, 0.1) is 5.92 Å². The third kappa shape index (κ3) is 1.95. The van der Waals surface area contributed by atoms with Gasteiger partial charge in [0.05, 0.1) is 12.0 Å². The Labute approximate surface area is 110 Å². The van der Waals surface area contributed by atoms with Gasteiger partial charge in [-0.15, -0.1) is 11.3 Å². The number of fused-ring (bicyclic) bond motifs is 1. The van der Waals surface area contributed by atoms with E-state index in [9.17, 15) is 4.79 Å². The van der Waals surface area contributed by atoms with Crippen molar-refractivity contribution in [2.45, 2.75) is 12.8 Å². The van der Waals surface area contributed by atoms with Crippen LogP contribution >= 0.6 is 11.3 Å². The molecule has 18 heavy (non-hydrogen) atoms. The van der Waals surface area contributed by atoms with Crippen LogP contribution < -0.4 is 4.74 Å². The molecule has 0 saturated carbocycles. The van der Waals surface area contributed by atoms with Crippen LogP contribution in [0.25, 0.3) is 0 Å². The number of carbonyl (C=O) groups excluding carboxylic acids is 1. The molecule has 0 fully saturated rings. The number of ketones is 1. The molecule has 1 aromatic heterocycles. The first kappa shape index (κ1) is 11.5. The summed E-state index contributed by atoms with van der Waals surface area (Å²) in [4.78, 5) is 13.2. The number of hydrogen-bond acceptors (Lipinski definition) is 3. The maximum atomic E-state index is 12.4. The Morgan fingerprint density at radius 2 is 1.94 bits per heavy atom. The number of ether oxygens (including phenoxy) is 1. The van der Waals surface area contributed by atoms with E-state index in [1.165, 1.54) is 22.5 Å². The second-order valence-electron chi connectivity index (χ2n) is 4.59. The van der Waals surface area contributed by atoms with Gasteiger partial charge in [-0.1, -0.05) is 24.3 Å². The fourth-order valence-corrected chi connectivity index (χ4v) is 3.37. The van der Waals surface area contributed by atoms with Crippen molar-refractivity contribution in [1.29, 1.82) is 0 Å². The predicted molar refractivity (Wildman–Crippen MR) is 72.5 cm³/mol. The molecule has 0 radical (unpaired) electrons. The average Bonchev–Trinajstić information content (AvgIpc) is 3.04. The number of Topliss-reactive ketones (excluding diaryl/α,β-unsaturated/α-hetero) is 1. The van der Waals surface area contributed by atoms with E-state index in [2.05, 4.69) is 12.1 Å². The average molecular weight is 258 g/mol. The molecular formula is C15H14O2S. The van der Waals surface area contributed by atoms with Gasteiger partial charge in [-0.3, -0.25) is 4.79 Å². The summed E-state index contributed by atoms with van der Waals surface area (Å²) in [5, 5.41) is 1.88. The lowest BCUT2D eigenvalue weighted by Crippen LogP contribution is -2.13. The highest BCUT2D eigenvalue weighted by Crippen LogP contribution is 2.31. The predicted octanol–water partition coefficient (Wildman–Crippen LogP) is 3.35. The van der Waals surface area contributed by atoms with Crippen LogP contribution in [-0.4, -0.2) is 12.9 Å². The van der Waals surface area contributed by atoms with Crippen LogP contribution in [0.4, 0.5) is 0 Å². The molecule has 1 aliphatic rings. The van der Waals surface area contributed by atoms with Crippen molar-refractivity contribution in [2.24, 2.45) is 5.92 Å². The van der Waals surface area contributed by atoms with Crippen molar-refractivity contribution in [3.63, 3.8) is 0 Å². The van der Waals surface area contributed by atoms with Gasteiger partial charge in [-0.2, -0.15) is 0 Å². The van der Waals surface area contributed by atoms with Gasteiger partial charge in [0.15, 0.2) is 5.78 Å². The molecule has 2 nitrogen and oxygen atoms in total. The quantitative estimate of drug-likeness (QED) is 0.789. The smallest absolute Gasteiger partial charge is 0.176 e. The van der Waals surface area contributed by atoms with Gasteiger partial charge in [-0.25, -0.2) is 0 Å². The van der Waals surface area contributed by atoms with E-state index in [4.69, 9.17) is 4.74 Å². The molecule has 0 amide bonds. The van der Waals surface area contributed by atoms with Crippen LogP contribution in [0.15, 0.2) is 35.7 Å². The molecule has 2 aromatic rings. The Balaban J connectivity index is 1.80. The van der Waals surface area contributed by atoms with Gasteiger partial charge in [0.1, 0.15) is 5.75 Å². The fourth-order valence-electron chi connectivity index (χ4n) is 2.50. The number of rotatable bonds is 3. The summed E-state index contributed by atoms with van der Waals surface area (Å²) in [5.41, 5.74) is 2.64. The molecule has 0 unspecified atom stereocenters. The summed E-state index contributed by atoms with van der Waals surface area (Å²) >= 11 is 1.47. The van der Waals surface area contributed by atoms with Crippen molar-refractivity contribution in [1.82, 2.24) is 0 Å². The van der Waals surface area contributed by atoms with Gasteiger partial charge in [0, 0.05) is 17.4 Å². The molecule has 0 bridgehead atoms. The first-order chi connectivity index (χ1) is 8.78. The summed E-state index contributed by atoms with van der Waals surface area (Å²) < 4.78 is 5.13. The lowest BCUT2D eigenvalue weighted by molar-refractivity contribution is 0.0928. The standard InChI is InChI=1S/C15H14O2S/c1-17-13-8-14(18-9-13)15(16)12-6-10-4-2-3-5-11(10)7-12/h2-5,8-9,12H,6-7H2,1H3. The maximum absolute atomic E-state index is 12.4. The molecule has 1 aromatic carbocycles. The first-order valence-electron chi connectivity index (χ1n) is 6.01. The van der Waals surface area contributed by atoms with E-state index in [0.29, 0.717) is 0 Å². The highest BCUT2D eigenvalue weighted by molar-refractivity contribution is 7.12. The highest BCUT2D eigenvalue weighted by Gasteiger charge is 2.28. The lowest BCUT2D eigenvalue weighted by Gasteiger charge is -2.05. The normalized spacial score (nSPS) is 14.5. The van der Waals surface area contributed by atoms with Gasteiger partial charge < -0.3 is 4.74 Å². The van der Waals surface area contributed by atoms with Gasteiger partial charge in [-0.05, 0) is 24.0 Å². The van der Waals surface area contributed by atoms with Crippen molar-refractivity contribution >= 4 is 17.1 Å². The molecule has 0 atom stereocenters. The Morgan fingerprint density at radius 1 is 1.28 bits per heavy atom. The van der Waals surface area contributed by atoms with Crippen LogP contribution in [0.2, 0.25) is 0 Å². The van der Waals surface area contributed by atoms with Crippen LogP contribution in [0.1, 0.15) is 20.8 Å². The molecule has 1 aliphatic carbocycles. The van der Waals surface area contributed by atoms with Gasteiger partial charge in [0.2, 0.25) is 0 Å². The lowest BCUT2D eigenvalue weighted by atomic mass is 10.00. The third-order valence-corrected chi connectivity index (χ3v) is 4.40. The number of methoxy groups -OCH3 is 1. The molecule has 92 valence electrons. The summed E-state index contributed by atoms with van der Waals surface area (Å²) in [6.45, 7) is 0. The molecule has 0 saturated heterocycles. The second kappa shape index (κ2) is 4.58. The maximum Gasteiger partial charge on any atom is 0.176 e. The zero-order valence-corrected chi connectivity index (χ0v) is 11.0. The summed E-state index contributed by atoms with van der Waals surface area (Å²) in [6.07, 6.45) is 1.74. The largest absolute Gasteiger partial charge is 0.496 e. The van der Waals surface area contributed by atoms with Crippen LogP contribution in [0.3, 0.4) is 0 Å². The first-order valence-corrected chi connectivity index (χ1v) is 6.89. The minimum absolute atomic E-state index is 0.103. The Morgan fingerprint density at radius 3 is 2.50 bits per heavy atom. The number of hydrogen-bond donors (Lipinski definition) is 0. The molecular weight excluding hydrogens is 244 g/mol. The monoisotopic (exact) mass is 258 g/mol. The second-order valence-corrected chi connectivity index (χ2v) is 5.50. The van der Waals surface area contributed by atoms with E-state index in [-0.39, 0.29) is 11.7 Å². The molecule has 0 spiro atoms. The molecule has 0 aliphatic heterocycles. The molecule has 1 heterocycles. The summed E-state index contributed by atoms with van der Waals surface area (Å²) in [5.74, 6) is 1.13. The summed E-state index contributed by atoms with van der Waals surface area (Å²) in [6, 6.07) is 10.2. The Hall–Kier alpha value is -1.61. The summed E-state index contributed by atoms with van der Waals surface area (Å²) in [7, 11) is 1.63. The van der Waals surface area contributed by atoms with E-state index < -0.39 is 0 Å². The molecule has 3 rings (SSSR count). The van der Waals surface area contributed by atoms with E-state index in [0.717, 1.165) is 23.5 Å². The van der Waals surface area contributed by atoms with Gasteiger partial charge in [0.25, 0.3) is 0 Å². The van der Waals surface area contributed by atoms with Crippen molar-refractivity contribution < 1.29 is 9.53 Å². The topological polar surface area (TPSA) is 26.3 Å². The third-order valence-electron chi connectivity index (χ3n) is 3.48. The number of carbonyl (C=O) groups is 1. The van der Waals surface area contributed by atoms with Crippen LogP contribution in [0.5, 0.6) is 5.75 Å². The zero-order valence-electron chi connectivity index (χ0n) is 10.2. The minimum Gasteiger partial charge on any atom is -0.496 e. The van der Waals surface area contributed by atoms with Gasteiger partial charge >= 0.3 is 0 Å². The van der Waals surface area contributed by atoms with Crippen molar-refractivity contribution in [3.8, 4) is 5.75 Å². The highest BCUT2D eigenvalue weighted by atomic mass is 32.1. The number of benzene rings is 1. The Bertz CT molecular complexity index is 561. The number of thiophene rings is 1. The molecule has 3 heteroatoms.